The Labute approximate surface area is 74.4 Å². The Kier molecular flexibility index (Phi) is 11.1. The summed E-state index contributed by atoms with van der Waals surface area (Å²) >= 11 is 0. The SMILES string of the molecule is CCC([O-])[O-].[Sr+2]. The molecule has 0 spiro atoms. The van der Waals surface area contributed by atoms with Gasteiger partial charge in [0, 0.05) is 0 Å². The first-order valence-electron chi connectivity index (χ1n) is 1.59. The molecule has 2 nitrogen and oxygen atoms in total. The molecule has 0 aromatic rings. The van der Waals surface area contributed by atoms with Crippen molar-refractivity contribution in [3.05, 3.63) is 0 Å². The Morgan fingerprint density at radius 1 is 1.50 bits per heavy atom. The maximum Gasteiger partial charge on any atom is 2.00 e. The molecule has 0 aliphatic rings. The minimum absolute atomic E-state index is 0. The van der Waals surface area contributed by atoms with Crippen LogP contribution in [0.2, 0.25) is 0 Å². The van der Waals surface area contributed by atoms with Gasteiger partial charge in [-0.3, -0.25) is 0 Å². The molecule has 0 N–H and O–H groups in total. The van der Waals surface area contributed by atoms with Crippen molar-refractivity contribution in [2.75, 3.05) is 0 Å². The van der Waals surface area contributed by atoms with Crippen molar-refractivity contribution < 1.29 is 10.2 Å². The van der Waals surface area contributed by atoms with Crippen LogP contribution >= 0.6 is 0 Å². The molecular weight excluding hydrogens is 156 g/mol. The summed E-state index contributed by atoms with van der Waals surface area (Å²) < 4.78 is 0. The van der Waals surface area contributed by atoms with Crippen LogP contribution in [0, 0.1) is 0 Å². The average Bonchev–Trinajstić information content (AvgIpc) is 1.38. The van der Waals surface area contributed by atoms with Gasteiger partial charge in [0.15, 0.2) is 0 Å². The Balaban J connectivity index is 0. The van der Waals surface area contributed by atoms with E-state index >= 15 is 0 Å². The Hall–Kier alpha value is 1.40. The molecule has 0 radical (unpaired) electrons. The standard InChI is InChI=1S/C3H6O2.Sr/c1-2-3(4)5;/h3H,2H2,1H3;/q-2;+2. The van der Waals surface area contributed by atoms with Gasteiger partial charge in [-0.05, 0) is 0 Å². The van der Waals surface area contributed by atoms with E-state index in [1.807, 2.05) is 0 Å². The van der Waals surface area contributed by atoms with E-state index in [0.717, 1.165) is 0 Å². The summed E-state index contributed by atoms with van der Waals surface area (Å²) in [7, 11) is 0. The van der Waals surface area contributed by atoms with E-state index in [1.165, 1.54) is 0 Å². The third-order valence-electron chi connectivity index (χ3n) is 0.333. The fourth-order valence-electron chi connectivity index (χ4n) is 0. The third-order valence-corrected chi connectivity index (χ3v) is 0.333. The van der Waals surface area contributed by atoms with Crippen molar-refractivity contribution >= 4 is 45.5 Å². The summed E-state index contributed by atoms with van der Waals surface area (Å²) in [6, 6.07) is 0. The molecule has 0 heterocycles. The van der Waals surface area contributed by atoms with Crippen LogP contribution in [-0.4, -0.2) is 51.8 Å². The quantitative estimate of drug-likeness (QED) is 0.332. The molecule has 0 aliphatic carbocycles. The van der Waals surface area contributed by atoms with Gasteiger partial charge < -0.3 is 10.2 Å². The van der Waals surface area contributed by atoms with Crippen LogP contribution in [0.4, 0.5) is 0 Å². The maximum absolute atomic E-state index is 9.34. The van der Waals surface area contributed by atoms with Crippen LogP contribution in [0.1, 0.15) is 13.3 Å². The van der Waals surface area contributed by atoms with Crippen LogP contribution in [0.5, 0.6) is 0 Å². The van der Waals surface area contributed by atoms with Crippen LogP contribution < -0.4 is 10.2 Å². The van der Waals surface area contributed by atoms with Crippen molar-refractivity contribution in [2.45, 2.75) is 19.6 Å². The van der Waals surface area contributed by atoms with Crippen molar-refractivity contribution in [1.82, 2.24) is 0 Å². The van der Waals surface area contributed by atoms with Crippen molar-refractivity contribution in [1.29, 1.82) is 0 Å². The first kappa shape index (κ1) is 10.4. The summed E-state index contributed by atoms with van der Waals surface area (Å²) in [6.45, 7) is 1.57. The van der Waals surface area contributed by atoms with E-state index < -0.39 is 6.29 Å². The summed E-state index contributed by atoms with van der Waals surface area (Å²) in [6.07, 6.45) is -1.42. The Bertz CT molecular complexity index is 22.8. The normalized spacial score (nSPS) is 8.00. The van der Waals surface area contributed by atoms with Gasteiger partial charge in [-0.25, -0.2) is 6.29 Å². The van der Waals surface area contributed by atoms with Crippen LogP contribution in [0.15, 0.2) is 0 Å². The monoisotopic (exact) mass is 162 g/mol. The second-order valence-electron chi connectivity index (χ2n) is 0.838. The molecule has 0 rings (SSSR count). The molecular formula is C3H6O2Sr. The van der Waals surface area contributed by atoms with E-state index in [1.54, 1.807) is 6.92 Å². The van der Waals surface area contributed by atoms with E-state index in [-0.39, 0.29) is 51.9 Å². The van der Waals surface area contributed by atoms with Gasteiger partial charge >= 0.3 is 45.5 Å². The predicted octanol–water partition coefficient (Wildman–Crippen LogP) is -1.94. The summed E-state index contributed by atoms with van der Waals surface area (Å²) in [4.78, 5) is 0. The van der Waals surface area contributed by atoms with Gasteiger partial charge in [-0.1, -0.05) is 13.3 Å². The summed E-state index contributed by atoms with van der Waals surface area (Å²) in [5, 5.41) is 18.7. The molecule has 0 unspecified atom stereocenters. The van der Waals surface area contributed by atoms with Crippen molar-refractivity contribution in [2.24, 2.45) is 0 Å². The van der Waals surface area contributed by atoms with Crippen LogP contribution in [0.3, 0.4) is 0 Å². The van der Waals surface area contributed by atoms with E-state index in [0.29, 0.717) is 0 Å². The Morgan fingerprint density at radius 3 is 1.67 bits per heavy atom. The molecule has 0 saturated heterocycles. The molecule has 0 aromatic carbocycles. The summed E-state index contributed by atoms with van der Waals surface area (Å²) in [5.41, 5.74) is 0. The summed E-state index contributed by atoms with van der Waals surface area (Å²) in [5.74, 6) is 0. The van der Waals surface area contributed by atoms with Gasteiger partial charge in [-0.15, -0.1) is 0 Å². The van der Waals surface area contributed by atoms with Gasteiger partial charge in [0.1, 0.15) is 0 Å². The molecule has 0 bridgehead atoms. The van der Waals surface area contributed by atoms with E-state index in [9.17, 15) is 10.2 Å². The molecule has 6 heavy (non-hydrogen) atoms. The number of hydrogen-bond acceptors (Lipinski definition) is 2. The largest absolute Gasteiger partial charge is 2.00 e. The number of rotatable bonds is 1. The first-order valence-corrected chi connectivity index (χ1v) is 1.59. The van der Waals surface area contributed by atoms with Gasteiger partial charge in [0.25, 0.3) is 0 Å². The minimum atomic E-state index is -1.62. The fourth-order valence-corrected chi connectivity index (χ4v) is 0. The molecule has 0 saturated carbocycles. The maximum atomic E-state index is 9.34. The Morgan fingerprint density at radius 2 is 1.67 bits per heavy atom. The molecule has 0 amide bonds. The molecule has 3 heteroatoms. The minimum Gasteiger partial charge on any atom is -0.865 e. The van der Waals surface area contributed by atoms with Crippen molar-refractivity contribution in [3.8, 4) is 0 Å². The second kappa shape index (κ2) is 6.40. The van der Waals surface area contributed by atoms with Gasteiger partial charge in [0.05, 0.1) is 0 Å². The fraction of sp³-hybridized carbons (Fsp3) is 1.00. The first-order chi connectivity index (χ1) is 2.27. The smallest absolute Gasteiger partial charge is 0.865 e. The topological polar surface area (TPSA) is 46.1 Å². The third kappa shape index (κ3) is 9.04. The second-order valence-corrected chi connectivity index (χ2v) is 0.838. The van der Waals surface area contributed by atoms with E-state index in [4.69, 9.17) is 0 Å². The van der Waals surface area contributed by atoms with Gasteiger partial charge in [0.2, 0.25) is 0 Å². The van der Waals surface area contributed by atoms with Gasteiger partial charge in [-0.2, -0.15) is 0 Å². The number of hydrogen-bond donors (Lipinski definition) is 0. The average molecular weight is 162 g/mol. The van der Waals surface area contributed by atoms with E-state index in [2.05, 4.69) is 0 Å². The predicted molar refractivity (Wildman–Crippen MR) is 19.8 cm³/mol. The van der Waals surface area contributed by atoms with Crippen molar-refractivity contribution in [3.63, 3.8) is 0 Å². The van der Waals surface area contributed by atoms with Crippen LogP contribution in [0.25, 0.3) is 0 Å². The van der Waals surface area contributed by atoms with Crippen LogP contribution in [-0.2, 0) is 0 Å². The zero-order chi connectivity index (χ0) is 4.28. The molecule has 0 aromatic heterocycles. The zero-order valence-corrected chi connectivity index (χ0v) is 7.28. The molecule has 0 fully saturated rings. The molecule has 32 valence electrons. The zero-order valence-electron chi connectivity index (χ0n) is 3.81. The molecule has 0 aliphatic heterocycles. The molecule has 0 atom stereocenters.